The van der Waals surface area contributed by atoms with Gasteiger partial charge in [-0.25, -0.2) is 0 Å². The molecule has 0 bridgehead atoms. The quantitative estimate of drug-likeness (QED) is 0.878. The minimum absolute atomic E-state index is 0. The maximum absolute atomic E-state index is 12.1. The zero-order valence-electron chi connectivity index (χ0n) is 10.8. The van der Waals surface area contributed by atoms with E-state index in [4.69, 9.17) is 5.73 Å². The van der Waals surface area contributed by atoms with Crippen LogP contribution in [0.2, 0.25) is 0 Å². The van der Waals surface area contributed by atoms with Crippen LogP contribution in [0.3, 0.4) is 0 Å². The van der Waals surface area contributed by atoms with Gasteiger partial charge in [-0.3, -0.25) is 4.79 Å². The molecular weight excluding hydrogens is 248 g/mol. The Morgan fingerprint density at radius 2 is 2.00 bits per heavy atom. The van der Waals surface area contributed by atoms with Crippen molar-refractivity contribution in [1.82, 2.24) is 5.32 Å². The van der Waals surface area contributed by atoms with Crippen molar-refractivity contribution >= 4 is 18.3 Å². The summed E-state index contributed by atoms with van der Waals surface area (Å²) in [5.41, 5.74) is 6.01. The number of nitrogens with one attached hydrogen (secondary N) is 1. The first-order chi connectivity index (χ1) is 8.01. The summed E-state index contributed by atoms with van der Waals surface area (Å²) in [5.74, 6) is 1.30. The van der Waals surface area contributed by atoms with Gasteiger partial charge in [0.15, 0.2) is 0 Å². The van der Waals surface area contributed by atoms with E-state index in [1.165, 1.54) is 6.42 Å². The normalized spacial score (nSPS) is 24.6. The summed E-state index contributed by atoms with van der Waals surface area (Å²) in [4.78, 5) is 12.1. The number of rotatable bonds is 4. The average Bonchev–Trinajstić information content (AvgIpc) is 3.03. The van der Waals surface area contributed by atoms with Crippen molar-refractivity contribution in [1.29, 1.82) is 0 Å². The number of halogens is 1. The molecule has 3 atom stereocenters. The van der Waals surface area contributed by atoms with Gasteiger partial charge >= 0.3 is 0 Å². The van der Waals surface area contributed by atoms with Gasteiger partial charge < -0.3 is 11.1 Å². The highest BCUT2D eigenvalue weighted by molar-refractivity contribution is 5.87. The van der Waals surface area contributed by atoms with Crippen molar-refractivity contribution in [3.05, 3.63) is 35.9 Å². The summed E-state index contributed by atoms with van der Waals surface area (Å²) >= 11 is 0. The SMILES string of the molecule is CC1CC1CNC(=O)C(C)(N)c1ccccc1.Cl. The van der Waals surface area contributed by atoms with E-state index in [1.54, 1.807) is 6.92 Å². The predicted molar refractivity (Wildman–Crippen MR) is 75.5 cm³/mol. The number of benzene rings is 1. The van der Waals surface area contributed by atoms with Crippen molar-refractivity contribution in [2.24, 2.45) is 17.6 Å². The summed E-state index contributed by atoms with van der Waals surface area (Å²) in [7, 11) is 0. The van der Waals surface area contributed by atoms with E-state index in [0.29, 0.717) is 5.92 Å². The molecule has 1 amide bonds. The molecule has 18 heavy (non-hydrogen) atoms. The second kappa shape index (κ2) is 5.72. The predicted octanol–water partition coefficient (Wildman–Crippen LogP) is 2.05. The van der Waals surface area contributed by atoms with Crippen LogP contribution in [0, 0.1) is 11.8 Å². The lowest BCUT2D eigenvalue weighted by atomic mass is 9.92. The van der Waals surface area contributed by atoms with Crippen LogP contribution >= 0.6 is 12.4 Å². The summed E-state index contributed by atoms with van der Waals surface area (Å²) in [6.07, 6.45) is 1.22. The fourth-order valence-electron chi connectivity index (χ4n) is 2.01. The number of nitrogens with two attached hydrogens (primary N) is 1. The summed E-state index contributed by atoms with van der Waals surface area (Å²) in [6, 6.07) is 9.50. The van der Waals surface area contributed by atoms with E-state index in [2.05, 4.69) is 12.2 Å². The molecule has 0 aromatic heterocycles. The fourth-order valence-corrected chi connectivity index (χ4v) is 2.01. The van der Waals surface area contributed by atoms with Gasteiger partial charge in [0.25, 0.3) is 0 Å². The lowest BCUT2D eigenvalue weighted by Gasteiger charge is -2.24. The molecule has 0 spiro atoms. The van der Waals surface area contributed by atoms with E-state index in [1.807, 2.05) is 30.3 Å². The van der Waals surface area contributed by atoms with Gasteiger partial charge in [0.1, 0.15) is 5.54 Å². The molecule has 1 fully saturated rings. The Labute approximate surface area is 115 Å². The van der Waals surface area contributed by atoms with E-state index in [0.717, 1.165) is 18.0 Å². The molecule has 3 nitrogen and oxygen atoms in total. The topological polar surface area (TPSA) is 55.1 Å². The zero-order valence-corrected chi connectivity index (χ0v) is 11.7. The fraction of sp³-hybridized carbons (Fsp3) is 0.500. The van der Waals surface area contributed by atoms with Crippen LogP contribution in [0.4, 0.5) is 0 Å². The first-order valence-corrected chi connectivity index (χ1v) is 6.14. The lowest BCUT2D eigenvalue weighted by molar-refractivity contribution is -0.126. The summed E-state index contributed by atoms with van der Waals surface area (Å²) in [5, 5.41) is 2.95. The number of amides is 1. The highest BCUT2D eigenvalue weighted by Crippen LogP contribution is 2.36. The maximum Gasteiger partial charge on any atom is 0.244 e. The van der Waals surface area contributed by atoms with Gasteiger partial charge in [0.2, 0.25) is 5.91 Å². The van der Waals surface area contributed by atoms with Gasteiger partial charge in [-0.2, -0.15) is 0 Å². The Hall–Kier alpha value is -1.06. The molecule has 2 rings (SSSR count). The van der Waals surface area contributed by atoms with E-state index < -0.39 is 5.54 Å². The Morgan fingerprint density at radius 3 is 2.50 bits per heavy atom. The second-order valence-corrected chi connectivity index (χ2v) is 5.25. The van der Waals surface area contributed by atoms with Gasteiger partial charge in [-0.1, -0.05) is 37.3 Å². The Balaban J connectivity index is 0.00000162. The largest absolute Gasteiger partial charge is 0.354 e. The van der Waals surface area contributed by atoms with Crippen LogP contribution < -0.4 is 11.1 Å². The number of carbonyl (C=O) groups excluding carboxylic acids is 1. The average molecular weight is 269 g/mol. The van der Waals surface area contributed by atoms with Gasteiger partial charge in [-0.15, -0.1) is 12.4 Å². The minimum Gasteiger partial charge on any atom is -0.354 e. The Morgan fingerprint density at radius 1 is 1.44 bits per heavy atom. The standard InChI is InChI=1S/C14H20N2O.ClH/c1-10-8-11(10)9-16-13(17)14(2,15)12-6-4-3-5-7-12;/h3-7,10-11H,8-9,15H2,1-2H3,(H,16,17);1H. The van der Waals surface area contributed by atoms with E-state index in [9.17, 15) is 4.79 Å². The highest BCUT2D eigenvalue weighted by atomic mass is 35.5. The number of hydrogen-bond donors (Lipinski definition) is 2. The molecule has 100 valence electrons. The third-order valence-electron chi connectivity index (χ3n) is 3.65. The third-order valence-corrected chi connectivity index (χ3v) is 3.65. The monoisotopic (exact) mass is 268 g/mol. The molecule has 0 radical (unpaired) electrons. The molecule has 3 unspecified atom stereocenters. The van der Waals surface area contributed by atoms with Crippen molar-refractivity contribution < 1.29 is 4.79 Å². The minimum atomic E-state index is -0.945. The zero-order chi connectivity index (χ0) is 12.5. The maximum atomic E-state index is 12.1. The highest BCUT2D eigenvalue weighted by Gasteiger charge is 2.35. The molecule has 1 aromatic rings. The second-order valence-electron chi connectivity index (χ2n) is 5.25. The van der Waals surface area contributed by atoms with Crippen LogP contribution in [0.25, 0.3) is 0 Å². The third kappa shape index (κ3) is 3.24. The summed E-state index contributed by atoms with van der Waals surface area (Å²) in [6.45, 7) is 4.71. The van der Waals surface area contributed by atoms with Crippen LogP contribution in [0.1, 0.15) is 25.8 Å². The van der Waals surface area contributed by atoms with E-state index >= 15 is 0 Å². The number of carbonyl (C=O) groups is 1. The Kier molecular flexibility index (Phi) is 4.77. The molecule has 4 heteroatoms. The molecule has 0 heterocycles. The van der Waals surface area contributed by atoms with Gasteiger partial charge in [0, 0.05) is 6.54 Å². The van der Waals surface area contributed by atoms with Crippen molar-refractivity contribution in [2.45, 2.75) is 25.8 Å². The van der Waals surface area contributed by atoms with E-state index in [-0.39, 0.29) is 18.3 Å². The van der Waals surface area contributed by atoms with Crippen molar-refractivity contribution in [2.75, 3.05) is 6.54 Å². The molecule has 1 saturated carbocycles. The molecule has 0 saturated heterocycles. The smallest absolute Gasteiger partial charge is 0.244 e. The lowest BCUT2D eigenvalue weighted by Crippen LogP contribution is -2.49. The van der Waals surface area contributed by atoms with Gasteiger partial charge in [0.05, 0.1) is 0 Å². The van der Waals surface area contributed by atoms with Crippen LogP contribution in [0.15, 0.2) is 30.3 Å². The first kappa shape index (κ1) is 15.0. The Bertz CT molecular complexity index is 406. The van der Waals surface area contributed by atoms with Crippen molar-refractivity contribution in [3.8, 4) is 0 Å². The molecular formula is C14H21ClN2O. The van der Waals surface area contributed by atoms with Crippen LogP contribution in [-0.2, 0) is 10.3 Å². The number of hydrogen-bond acceptors (Lipinski definition) is 2. The summed E-state index contributed by atoms with van der Waals surface area (Å²) < 4.78 is 0. The van der Waals surface area contributed by atoms with Crippen LogP contribution in [-0.4, -0.2) is 12.5 Å². The van der Waals surface area contributed by atoms with Crippen molar-refractivity contribution in [3.63, 3.8) is 0 Å². The van der Waals surface area contributed by atoms with Crippen LogP contribution in [0.5, 0.6) is 0 Å². The molecule has 0 aliphatic heterocycles. The van der Waals surface area contributed by atoms with Gasteiger partial charge in [-0.05, 0) is 30.7 Å². The molecule has 1 aromatic carbocycles. The molecule has 1 aliphatic carbocycles. The first-order valence-electron chi connectivity index (χ1n) is 6.14. The molecule has 1 aliphatic rings. The molecule has 3 N–H and O–H groups in total.